The minimum atomic E-state index is -1.05. The van der Waals surface area contributed by atoms with Gasteiger partial charge < -0.3 is 19.9 Å². The molecule has 0 radical (unpaired) electrons. The quantitative estimate of drug-likeness (QED) is 0.718. The third-order valence-electron chi connectivity index (χ3n) is 3.15. The Kier molecular flexibility index (Phi) is 7.12. The molecule has 1 unspecified atom stereocenters. The molecule has 0 spiro atoms. The van der Waals surface area contributed by atoms with Crippen LogP contribution in [0.1, 0.15) is 26.3 Å². The van der Waals surface area contributed by atoms with Gasteiger partial charge >= 0.3 is 5.97 Å². The van der Waals surface area contributed by atoms with Gasteiger partial charge in [0, 0.05) is 6.08 Å². The fourth-order valence-corrected chi connectivity index (χ4v) is 1.95. The summed E-state index contributed by atoms with van der Waals surface area (Å²) in [5.41, 5.74) is 0.751. The highest BCUT2D eigenvalue weighted by Gasteiger charge is 2.22. The van der Waals surface area contributed by atoms with Gasteiger partial charge in [0.15, 0.2) is 11.5 Å². The average Bonchev–Trinajstić information content (AvgIpc) is 2.50. The fraction of sp³-hybridized carbons (Fsp3) is 0.412. The molecule has 23 heavy (non-hydrogen) atoms. The molecular weight excluding hydrogens is 298 g/mol. The van der Waals surface area contributed by atoms with Crippen molar-refractivity contribution in [3.63, 3.8) is 0 Å². The minimum Gasteiger partial charge on any atom is -0.493 e. The van der Waals surface area contributed by atoms with Crippen LogP contribution in [0, 0.1) is 5.92 Å². The fourth-order valence-electron chi connectivity index (χ4n) is 1.95. The Labute approximate surface area is 136 Å². The van der Waals surface area contributed by atoms with Crippen molar-refractivity contribution in [3.8, 4) is 11.5 Å². The van der Waals surface area contributed by atoms with Crippen LogP contribution in [0.3, 0.4) is 0 Å². The highest BCUT2D eigenvalue weighted by atomic mass is 16.5. The standard InChI is InChI=1S/C17H23NO5/c1-5-23-14-10-12(6-8-13(14)22-4)7-9-15(19)18-16(11(2)3)17(20)21/h6-11,16H,5H2,1-4H3,(H,18,19)(H,20,21)/b9-7+. The van der Waals surface area contributed by atoms with Crippen LogP contribution in [0.4, 0.5) is 0 Å². The van der Waals surface area contributed by atoms with E-state index in [0.29, 0.717) is 18.1 Å². The summed E-state index contributed by atoms with van der Waals surface area (Å²) in [6.45, 7) is 5.84. The Morgan fingerprint density at radius 3 is 2.52 bits per heavy atom. The van der Waals surface area contributed by atoms with E-state index in [4.69, 9.17) is 14.6 Å². The number of rotatable bonds is 8. The third-order valence-corrected chi connectivity index (χ3v) is 3.15. The van der Waals surface area contributed by atoms with Gasteiger partial charge in [-0.05, 0) is 36.6 Å². The monoisotopic (exact) mass is 321 g/mol. The van der Waals surface area contributed by atoms with Crippen LogP contribution >= 0.6 is 0 Å². The van der Waals surface area contributed by atoms with Crippen molar-refractivity contribution in [1.82, 2.24) is 5.32 Å². The lowest BCUT2D eigenvalue weighted by Crippen LogP contribution is -2.43. The van der Waals surface area contributed by atoms with Crippen molar-refractivity contribution in [2.45, 2.75) is 26.8 Å². The SMILES string of the molecule is CCOc1cc(/C=C/C(=O)NC(C(=O)O)C(C)C)ccc1OC. The molecule has 0 aliphatic rings. The van der Waals surface area contributed by atoms with Crippen LogP contribution in [-0.2, 0) is 9.59 Å². The van der Waals surface area contributed by atoms with Gasteiger partial charge in [-0.25, -0.2) is 4.79 Å². The molecule has 2 N–H and O–H groups in total. The molecule has 1 aromatic carbocycles. The molecule has 0 aliphatic heterocycles. The van der Waals surface area contributed by atoms with Crippen LogP contribution in [0.5, 0.6) is 11.5 Å². The molecular formula is C17H23NO5. The first kappa shape index (κ1) is 18.5. The molecule has 0 saturated heterocycles. The van der Waals surface area contributed by atoms with Gasteiger partial charge in [0.05, 0.1) is 13.7 Å². The Morgan fingerprint density at radius 1 is 1.30 bits per heavy atom. The van der Waals surface area contributed by atoms with Crippen LogP contribution in [0.25, 0.3) is 6.08 Å². The number of carboxylic acid groups (broad SMARTS) is 1. The number of carbonyl (C=O) groups is 2. The van der Waals surface area contributed by atoms with Crippen LogP contribution in [0.15, 0.2) is 24.3 Å². The summed E-state index contributed by atoms with van der Waals surface area (Å²) in [7, 11) is 1.55. The van der Waals surface area contributed by atoms with E-state index in [1.807, 2.05) is 6.92 Å². The number of hydrogen-bond donors (Lipinski definition) is 2. The van der Waals surface area contributed by atoms with Gasteiger partial charge in [-0.1, -0.05) is 19.9 Å². The Morgan fingerprint density at radius 2 is 2.00 bits per heavy atom. The lowest BCUT2D eigenvalue weighted by molar-refractivity contribution is -0.142. The van der Waals surface area contributed by atoms with Gasteiger partial charge in [0.1, 0.15) is 6.04 Å². The summed E-state index contributed by atoms with van der Waals surface area (Å²) in [5, 5.41) is 11.5. The van der Waals surface area contributed by atoms with Gasteiger partial charge in [-0.15, -0.1) is 0 Å². The molecule has 1 aromatic rings. The van der Waals surface area contributed by atoms with Crippen LogP contribution in [0.2, 0.25) is 0 Å². The first-order valence-corrected chi connectivity index (χ1v) is 7.41. The number of methoxy groups -OCH3 is 1. The predicted octanol–water partition coefficient (Wildman–Crippen LogP) is 2.33. The zero-order valence-corrected chi connectivity index (χ0v) is 13.8. The van der Waals surface area contributed by atoms with Gasteiger partial charge in [-0.3, -0.25) is 4.79 Å². The van der Waals surface area contributed by atoms with Crippen molar-refractivity contribution in [1.29, 1.82) is 0 Å². The number of carbonyl (C=O) groups excluding carboxylic acids is 1. The highest BCUT2D eigenvalue weighted by molar-refractivity contribution is 5.94. The molecule has 6 nitrogen and oxygen atoms in total. The highest BCUT2D eigenvalue weighted by Crippen LogP contribution is 2.28. The van der Waals surface area contributed by atoms with E-state index < -0.39 is 17.9 Å². The lowest BCUT2D eigenvalue weighted by Gasteiger charge is -2.16. The van der Waals surface area contributed by atoms with Crippen LogP contribution < -0.4 is 14.8 Å². The molecule has 0 bridgehead atoms. The Balaban J connectivity index is 2.82. The number of amides is 1. The van der Waals surface area contributed by atoms with Crippen molar-refractivity contribution in [3.05, 3.63) is 29.8 Å². The summed E-state index contributed by atoms with van der Waals surface area (Å²) in [6, 6.07) is 4.37. The summed E-state index contributed by atoms with van der Waals surface area (Å²) < 4.78 is 10.7. The second-order valence-electron chi connectivity index (χ2n) is 5.25. The van der Waals surface area contributed by atoms with Crippen molar-refractivity contribution >= 4 is 18.0 Å². The minimum absolute atomic E-state index is 0.199. The molecule has 0 fully saturated rings. The van der Waals surface area contributed by atoms with Crippen molar-refractivity contribution < 1.29 is 24.2 Å². The number of hydrogen-bond acceptors (Lipinski definition) is 4. The second-order valence-corrected chi connectivity index (χ2v) is 5.25. The number of nitrogens with one attached hydrogen (secondary N) is 1. The molecule has 0 heterocycles. The van der Waals surface area contributed by atoms with E-state index in [1.54, 1.807) is 45.2 Å². The number of benzene rings is 1. The van der Waals surface area contributed by atoms with Gasteiger partial charge in [0.2, 0.25) is 5.91 Å². The molecule has 0 saturated carbocycles. The van der Waals surface area contributed by atoms with E-state index in [1.165, 1.54) is 6.08 Å². The van der Waals surface area contributed by atoms with Crippen LogP contribution in [-0.4, -0.2) is 36.7 Å². The predicted molar refractivity (Wildman–Crippen MR) is 87.6 cm³/mol. The maximum absolute atomic E-state index is 11.9. The molecule has 0 aliphatic carbocycles. The number of aliphatic carboxylic acids is 1. The maximum Gasteiger partial charge on any atom is 0.326 e. The maximum atomic E-state index is 11.9. The summed E-state index contributed by atoms with van der Waals surface area (Å²) in [4.78, 5) is 22.9. The smallest absolute Gasteiger partial charge is 0.326 e. The van der Waals surface area contributed by atoms with Gasteiger partial charge in [0.25, 0.3) is 0 Å². The Hall–Kier alpha value is -2.50. The molecule has 1 amide bonds. The molecule has 0 aromatic heterocycles. The normalized spacial score (nSPS) is 12.2. The third kappa shape index (κ3) is 5.65. The van der Waals surface area contributed by atoms with Gasteiger partial charge in [-0.2, -0.15) is 0 Å². The summed E-state index contributed by atoms with van der Waals surface area (Å²) >= 11 is 0. The average molecular weight is 321 g/mol. The van der Waals surface area contributed by atoms with E-state index in [-0.39, 0.29) is 5.92 Å². The molecule has 1 rings (SSSR count). The summed E-state index contributed by atoms with van der Waals surface area (Å²) in [5.74, 6) is -0.512. The van der Waals surface area contributed by atoms with Crippen molar-refractivity contribution in [2.75, 3.05) is 13.7 Å². The zero-order chi connectivity index (χ0) is 17.4. The second kappa shape index (κ2) is 8.82. The zero-order valence-electron chi connectivity index (χ0n) is 13.8. The number of ether oxygens (including phenoxy) is 2. The number of carboxylic acids is 1. The largest absolute Gasteiger partial charge is 0.493 e. The first-order chi connectivity index (χ1) is 10.9. The lowest BCUT2D eigenvalue weighted by atomic mass is 10.0. The van der Waals surface area contributed by atoms with E-state index in [9.17, 15) is 9.59 Å². The Bertz CT molecular complexity index is 580. The van der Waals surface area contributed by atoms with E-state index in [2.05, 4.69) is 5.32 Å². The molecule has 1 atom stereocenters. The van der Waals surface area contributed by atoms with E-state index in [0.717, 1.165) is 5.56 Å². The van der Waals surface area contributed by atoms with E-state index >= 15 is 0 Å². The van der Waals surface area contributed by atoms with Crippen molar-refractivity contribution in [2.24, 2.45) is 5.92 Å². The topological polar surface area (TPSA) is 84.9 Å². The first-order valence-electron chi connectivity index (χ1n) is 7.41. The summed E-state index contributed by atoms with van der Waals surface area (Å²) in [6.07, 6.45) is 2.90. The molecule has 6 heteroatoms. The molecule has 126 valence electrons.